The van der Waals surface area contributed by atoms with Crippen LogP contribution in [0.5, 0.6) is 0 Å². The van der Waals surface area contributed by atoms with Crippen LogP contribution in [0.25, 0.3) is 11.0 Å². The van der Waals surface area contributed by atoms with Crippen LogP contribution in [-0.2, 0) is 6.54 Å². The largest absolute Gasteiger partial charge is 0.344 e. The molecule has 0 aliphatic heterocycles. The van der Waals surface area contributed by atoms with E-state index in [1.165, 1.54) is 4.68 Å². The molecule has 0 fully saturated rings. The Balaban J connectivity index is 1.76. The van der Waals surface area contributed by atoms with E-state index >= 15 is 0 Å². The zero-order valence-electron chi connectivity index (χ0n) is 11.4. The van der Waals surface area contributed by atoms with Crippen LogP contribution in [0.1, 0.15) is 11.1 Å². The van der Waals surface area contributed by atoms with E-state index in [0.29, 0.717) is 22.6 Å². The van der Waals surface area contributed by atoms with Gasteiger partial charge >= 0.3 is 6.03 Å². The van der Waals surface area contributed by atoms with Crippen LogP contribution < -0.4 is 5.32 Å². The maximum absolute atomic E-state index is 12.2. The summed E-state index contributed by atoms with van der Waals surface area (Å²) in [6.45, 7) is 2.32. The Morgan fingerprint density at radius 3 is 2.90 bits per heavy atom. The summed E-state index contributed by atoms with van der Waals surface area (Å²) in [7, 11) is 0. The van der Waals surface area contributed by atoms with Gasteiger partial charge in [-0.1, -0.05) is 41.1 Å². The number of carbonyl (C=O) groups excluding carboxylic acids is 1. The van der Waals surface area contributed by atoms with Crippen LogP contribution in [0.15, 0.2) is 42.5 Å². The molecule has 6 heteroatoms. The highest BCUT2D eigenvalue weighted by Crippen LogP contribution is 2.16. The van der Waals surface area contributed by atoms with Gasteiger partial charge < -0.3 is 5.32 Å². The summed E-state index contributed by atoms with van der Waals surface area (Å²) in [6, 6.07) is 12.7. The van der Waals surface area contributed by atoms with E-state index in [0.717, 1.165) is 11.1 Å². The van der Waals surface area contributed by atoms with Crippen LogP contribution in [0.3, 0.4) is 0 Å². The molecule has 1 heterocycles. The van der Waals surface area contributed by atoms with Crippen molar-refractivity contribution in [2.45, 2.75) is 13.5 Å². The van der Waals surface area contributed by atoms with E-state index in [1.54, 1.807) is 6.07 Å². The van der Waals surface area contributed by atoms with Gasteiger partial charge in [-0.05, 0) is 36.2 Å². The Labute approximate surface area is 126 Å². The van der Waals surface area contributed by atoms with Crippen LogP contribution in [0.4, 0.5) is 4.79 Å². The molecule has 5 nitrogen and oxygen atoms in total. The predicted octanol–water partition coefficient (Wildman–Crippen LogP) is 3.15. The first kappa shape index (κ1) is 13.6. The lowest BCUT2D eigenvalue weighted by Crippen LogP contribution is -2.28. The van der Waals surface area contributed by atoms with Crippen molar-refractivity contribution in [1.29, 1.82) is 0 Å². The lowest BCUT2D eigenvalue weighted by molar-refractivity contribution is 0.239. The molecule has 106 valence electrons. The second-order valence-electron chi connectivity index (χ2n) is 4.73. The molecular weight excluding hydrogens is 288 g/mol. The van der Waals surface area contributed by atoms with E-state index in [-0.39, 0.29) is 6.03 Å². The highest BCUT2D eigenvalue weighted by atomic mass is 35.5. The Morgan fingerprint density at radius 2 is 2.10 bits per heavy atom. The second-order valence-corrected chi connectivity index (χ2v) is 5.14. The Morgan fingerprint density at radius 1 is 1.29 bits per heavy atom. The summed E-state index contributed by atoms with van der Waals surface area (Å²) in [5.74, 6) is 0. The molecule has 1 amide bonds. The van der Waals surface area contributed by atoms with Gasteiger partial charge in [0.2, 0.25) is 0 Å². The van der Waals surface area contributed by atoms with Crippen LogP contribution in [-0.4, -0.2) is 21.0 Å². The average molecular weight is 301 g/mol. The molecule has 0 unspecified atom stereocenters. The number of fused-ring (bicyclic) bond motifs is 1. The summed E-state index contributed by atoms with van der Waals surface area (Å²) in [6.07, 6.45) is 0. The molecule has 3 aromatic rings. The van der Waals surface area contributed by atoms with Gasteiger partial charge in [-0.25, -0.2) is 4.79 Å². The van der Waals surface area contributed by atoms with Crippen LogP contribution >= 0.6 is 11.6 Å². The molecule has 0 saturated carbocycles. The summed E-state index contributed by atoms with van der Waals surface area (Å²) in [4.78, 5) is 12.2. The first-order valence-corrected chi connectivity index (χ1v) is 6.86. The van der Waals surface area contributed by atoms with Gasteiger partial charge in [0, 0.05) is 11.6 Å². The summed E-state index contributed by atoms with van der Waals surface area (Å²) in [5, 5.41) is 11.3. The lowest BCUT2D eigenvalue weighted by atomic mass is 10.1. The Hall–Kier alpha value is -2.40. The minimum atomic E-state index is -0.319. The third-order valence-corrected chi connectivity index (χ3v) is 3.63. The fourth-order valence-corrected chi connectivity index (χ4v) is 2.22. The number of hydrogen-bond donors (Lipinski definition) is 1. The van der Waals surface area contributed by atoms with Crippen molar-refractivity contribution in [1.82, 2.24) is 20.3 Å². The van der Waals surface area contributed by atoms with Gasteiger partial charge in [0.05, 0.1) is 5.52 Å². The lowest BCUT2D eigenvalue weighted by Gasteiger charge is -2.06. The topological polar surface area (TPSA) is 59.8 Å². The number of para-hydroxylation sites is 1. The SMILES string of the molecule is Cc1ccc(CNC(=O)n2nnc3ccccc32)cc1Cl. The number of nitrogens with zero attached hydrogens (tertiary/aromatic N) is 3. The number of aryl methyl sites for hydroxylation is 1. The molecule has 1 aromatic heterocycles. The quantitative estimate of drug-likeness (QED) is 0.791. The molecule has 0 aliphatic rings. The maximum atomic E-state index is 12.2. The molecule has 21 heavy (non-hydrogen) atoms. The first-order valence-electron chi connectivity index (χ1n) is 6.49. The third kappa shape index (κ3) is 2.73. The standard InChI is InChI=1S/C15H13ClN4O/c1-10-6-7-11(8-12(10)16)9-17-15(21)20-14-5-3-2-4-13(14)18-19-20/h2-8H,9H2,1H3,(H,17,21). The summed E-state index contributed by atoms with van der Waals surface area (Å²) >= 11 is 6.07. The van der Waals surface area contributed by atoms with E-state index in [9.17, 15) is 4.79 Å². The molecule has 0 aliphatic carbocycles. The fraction of sp³-hybridized carbons (Fsp3) is 0.133. The van der Waals surface area contributed by atoms with Gasteiger partial charge in [0.15, 0.2) is 0 Å². The van der Waals surface area contributed by atoms with Gasteiger partial charge in [-0.15, -0.1) is 5.10 Å². The zero-order chi connectivity index (χ0) is 14.8. The fourth-order valence-electron chi connectivity index (χ4n) is 2.02. The number of rotatable bonds is 2. The van der Waals surface area contributed by atoms with Crippen molar-refractivity contribution in [2.75, 3.05) is 0 Å². The number of halogens is 1. The number of nitrogens with one attached hydrogen (secondary N) is 1. The highest BCUT2D eigenvalue weighted by Gasteiger charge is 2.11. The molecule has 1 N–H and O–H groups in total. The first-order chi connectivity index (χ1) is 10.1. The number of aromatic nitrogens is 3. The highest BCUT2D eigenvalue weighted by molar-refractivity contribution is 6.31. The second kappa shape index (κ2) is 5.54. The summed E-state index contributed by atoms with van der Waals surface area (Å²) in [5.41, 5.74) is 3.31. The molecule has 0 atom stereocenters. The van der Waals surface area contributed by atoms with Gasteiger partial charge in [-0.2, -0.15) is 4.68 Å². The van der Waals surface area contributed by atoms with Gasteiger partial charge in [0.25, 0.3) is 0 Å². The normalized spacial score (nSPS) is 10.8. The monoisotopic (exact) mass is 300 g/mol. The molecule has 2 aromatic carbocycles. The van der Waals surface area contributed by atoms with Gasteiger partial charge in [-0.3, -0.25) is 0 Å². The van der Waals surface area contributed by atoms with Crippen LogP contribution in [0.2, 0.25) is 5.02 Å². The minimum absolute atomic E-state index is 0.319. The van der Waals surface area contributed by atoms with E-state index in [2.05, 4.69) is 15.6 Å². The van der Waals surface area contributed by atoms with E-state index in [4.69, 9.17) is 11.6 Å². The van der Waals surface area contributed by atoms with Crippen LogP contribution in [0, 0.1) is 6.92 Å². The summed E-state index contributed by atoms with van der Waals surface area (Å²) < 4.78 is 1.26. The molecule has 3 rings (SSSR count). The Kier molecular flexibility index (Phi) is 3.58. The molecule has 0 radical (unpaired) electrons. The van der Waals surface area contributed by atoms with Crippen molar-refractivity contribution >= 4 is 28.7 Å². The van der Waals surface area contributed by atoms with E-state index in [1.807, 2.05) is 43.3 Å². The number of amides is 1. The molecule has 0 bridgehead atoms. The Bertz CT molecular complexity index is 812. The third-order valence-electron chi connectivity index (χ3n) is 3.22. The smallest absolute Gasteiger partial charge is 0.332 e. The predicted molar refractivity (Wildman–Crippen MR) is 81.4 cm³/mol. The van der Waals surface area contributed by atoms with Crippen molar-refractivity contribution in [3.05, 3.63) is 58.6 Å². The van der Waals surface area contributed by atoms with E-state index < -0.39 is 0 Å². The number of benzene rings is 2. The zero-order valence-corrected chi connectivity index (χ0v) is 12.1. The minimum Gasteiger partial charge on any atom is -0.332 e. The molecular formula is C15H13ClN4O. The van der Waals surface area contributed by atoms with Crippen molar-refractivity contribution in [3.63, 3.8) is 0 Å². The van der Waals surface area contributed by atoms with Crippen molar-refractivity contribution in [2.24, 2.45) is 0 Å². The van der Waals surface area contributed by atoms with Gasteiger partial charge in [0.1, 0.15) is 5.52 Å². The van der Waals surface area contributed by atoms with Crippen molar-refractivity contribution in [3.8, 4) is 0 Å². The maximum Gasteiger partial charge on any atom is 0.344 e. The van der Waals surface area contributed by atoms with Crippen molar-refractivity contribution < 1.29 is 4.79 Å². The molecule has 0 spiro atoms. The average Bonchev–Trinajstić information content (AvgIpc) is 2.92. The molecule has 0 saturated heterocycles. The number of hydrogen-bond acceptors (Lipinski definition) is 3. The number of carbonyl (C=O) groups is 1.